The van der Waals surface area contributed by atoms with E-state index in [1.165, 1.54) is 0 Å². The Hall–Kier alpha value is -0.580. The van der Waals surface area contributed by atoms with Crippen molar-refractivity contribution in [2.45, 2.75) is 17.6 Å². The van der Waals surface area contributed by atoms with Crippen LogP contribution in [0, 0.1) is 0 Å². The summed E-state index contributed by atoms with van der Waals surface area (Å²) in [5.74, 6) is -6.18. The summed E-state index contributed by atoms with van der Waals surface area (Å²) in [5, 5.41) is -6.23. The predicted molar refractivity (Wildman–Crippen MR) is 29.1 cm³/mol. The Morgan fingerprint density at radius 2 is 1.43 bits per heavy atom. The van der Waals surface area contributed by atoms with E-state index in [1.54, 1.807) is 0 Å². The molecule has 0 spiro atoms. The van der Waals surface area contributed by atoms with Gasteiger partial charge in [0.25, 0.3) is 0 Å². The Kier molecular flexibility index (Phi) is 3.38. The lowest BCUT2D eigenvalue weighted by Crippen LogP contribution is -2.54. The van der Waals surface area contributed by atoms with Crippen LogP contribution in [0.3, 0.4) is 0 Å². The second-order valence-corrected chi connectivity index (χ2v) is 3.69. The van der Waals surface area contributed by atoms with Gasteiger partial charge < -0.3 is 0 Å². The third-order valence-corrected chi connectivity index (χ3v) is 2.25. The quantitative estimate of drug-likeness (QED) is 0.602. The normalized spacial score (nSPS) is 14.9. The van der Waals surface area contributed by atoms with Crippen LogP contribution in [0.5, 0.6) is 0 Å². The third kappa shape index (κ3) is 1.78. The van der Waals surface area contributed by atoms with Crippen LogP contribution in [-0.4, -0.2) is 26.0 Å². The van der Waals surface area contributed by atoms with Gasteiger partial charge in [-0.1, -0.05) is 0 Å². The fourth-order valence-corrected chi connectivity index (χ4v) is 0.899. The van der Waals surface area contributed by atoms with Crippen molar-refractivity contribution in [3.8, 4) is 0 Å². The largest absolute Gasteiger partial charge is 0.428 e. The summed E-state index contributed by atoms with van der Waals surface area (Å²) >= 11 is 0. The Balaban J connectivity index is 5.37. The molecule has 0 bridgehead atoms. The van der Waals surface area contributed by atoms with Gasteiger partial charge in [0.2, 0.25) is 0 Å². The van der Waals surface area contributed by atoms with Crippen molar-refractivity contribution < 1.29 is 39.2 Å². The summed E-state index contributed by atoms with van der Waals surface area (Å²) in [5.41, 5.74) is 0. The van der Waals surface area contributed by atoms with E-state index in [1.807, 2.05) is 0 Å². The molecule has 86 valence electrons. The maximum absolute atomic E-state index is 12.1. The minimum Gasteiger partial charge on any atom is -0.203 e. The van der Waals surface area contributed by atoms with Gasteiger partial charge in [0.15, 0.2) is 0 Å². The van der Waals surface area contributed by atoms with E-state index >= 15 is 0 Å². The Morgan fingerprint density at radius 3 is 1.64 bits per heavy atom. The average molecular weight is 249 g/mol. The second kappa shape index (κ2) is 3.53. The molecule has 14 heavy (non-hydrogen) atoms. The molecule has 11 heteroatoms. The van der Waals surface area contributed by atoms with Crippen LogP contribution in [0.1, 0.15) is 0 Å². The number of sulfonamides is 1. The Labute approximate surface area is 72.9 Å². The van der Waals surface area contributed by atoms with Gasteiger partial charge in [-0.15, -0.1) is 4.48 Å². The molecule has 0 aliphatic heterocycles. The summed E-state index contributed by atoms with van der Waals surface area (Å²) < 4.78 is 102. The second-order valence-electron chi connectivity index (χ2n) is 2.02. The first-order chi connectivity index (χ1) is 6.00. The number of alkyl halides is 6. The highest BCUT2D eigenvalue weighted by atomic mass is 32.2. The zero-order valence-electron chi connectivity index (χ0n) is 5.95. The number of rotatable bonds is 4. The highest BCUT2D eigenvalue weighted by Gasteiger charge is 2.71. The van der Waals surface area contributed by atoms with E-state index in [9.17, 15) is 39.2 Å². The SMILES string of the molecule is O=S(=O)(NF)C(F)(F)C(F)(F)C(F)F. The van der Waals surface area contributed by atoms with Crippen molar-refractivity contribution >= 4 is 10.0 Å². The Bertz CT molecular complexity index is 298. The fourth-order valence-electron chi connectivity index (χ4n) is 0.355. The van der Waals surface area contributed by atoms with Gasteiger partial charge in [0.05, 0.1) is 0 Å². The minimum absolute atomic E-state index is 0.649. The number of nitrogens with one attached hydrogen (secondary N) is 1. The molecule has 0 heterocycles. The third-order valence-electron chi connectivity index (χ3n) is 1.10. The molecule has 0 saturated heterocycles. The van der Waals surface area contributed by atoms with Gasteiger partial charge >= 0.3 is 27.6 Å². The van der Waals surface area contributed by atoms with Crippen LogP contribution in [0.4, 0.5) is 30.8 Å². The smallest absolute Gasteiger partial charge is 0.203 e. The molecule has 0 rings (SSSR count). The summed E-state index contributed by atoms with van der Waals surface area (Å²) in [6.45, 7) is 0. The highest BCUT2D eigenvalue weighted by molar-refractivity contribution is 7.90. The maximum atomic E-state index is 12.1. The zero-order chi connectivity index (χ0) is 11.8. The monoisotopic (exact) mass is 249 g/mol. The molecule has 0 aromatic rings. The molecule has 3 nitrogen and oxygen atoms in total. The minimum atomic E-state index is -6.48. The summed E-state index contributed by atoms with van der Waals surface area (Å²) in [4.78, 5) is -0.649. The lowest BCUT2D eigenvalue weighted by atomic mass is 10.4. The van der Waals surface area contributed by atoms with Crippen LogP contribution >= 0.6 is 0 Å². The molecule has 0 unspecified atom stereocenters. The molecule has 0 amide bonds. The summed E-state index contributed by atoms with van der Waals surface area (Å²) in [7, 11) is -6.48. The van der Waals surface area contributed by atoms with Gasteiger partial charge in [-0.25, -0.2) is 17.2 Å². The van der Waals surface area contributed by atoms with Crippen molar-refractivity contribution in [3.05, 3.63) is 0 Å². The fraction of sp³-hybridized carbons (Fsp3) is 1.00. The lowest BCUT2D eigenvalue weighted by Gasteiger charge is -2.23. The van der Waals surface area contributed by atoms with Crippen molar-refractivity contribution in [2.24, 2.45) is 0 Å². The molecule has 0 aliphatic carbocycles. The van der Waals surface area contributed by atoms with Gasteiger partial charge in [0, 0.05) is 0 Å². The number of hydrogen-bond donors (Lipinski definition) is 1. The van der Waals surface area contributed by atoms with Crippen LogP contribution in [-0.2, 0) is 10.0 Å². The van der Waals surface area contributed by atoms with Crippen molar-refractivity contribution in [1.82, 2.24) is 4.94 Å². The standard InChI is InChI=1S/C3H2F7NO2S/c4-1(5)2(6,7)3(8,9)14(12,13)11-10/h1,11H. The predicted octanol–water partition coefficient (Wildman–Crippen LogP) is 1.28. The first-order valence-electron chi connectivity index (χ1n) is 2.66. The van der Waals surface area contributed by atoms with E-state index in [4.69, 9.17) is 0 Å². The summed E-state index contributed by atoms with van der Waals surface area (Å²) in [6, 6.07) is 0. The van der Waals surface area contributed by atoms with Crippen LogP contribution < -0.4 is 4.94 Å². The summed E-state index contributed by atoms with van der Waals surface area (Å²) in [6.07, 6.45) is -4.94. The van der Waals surface area contributed by atoms with E-state index in [2.05, 4.69) is 0 Å². The molecule has 1 N–H and O–H groups in total. The Morgan fingerprint density at radius 1 is 1.07 bits per heavy atom. The molecular formula is C3H2F7NO2S. The van der Waals surface area contributed by atoms with E-state index in [0.717, 1.165) is 0 Å². The van der Waals surface area contributed by atoms with Crippen molar-refractivity contribution in [1.29, 1.82) is 0 Å². The average Bonchev–Trinajstić information content (AvgIpc) is 2.03. The molecular weight excluding hydrogens is 247 g/mol. The highest BCUT2D eigenvalue weighted by Crippen LogP contribution is 2.42. The van der Waals surface area contributed by atoms with E-state index in [0.29, 0.717) is 0 Å². The molecule has 0 aliphatic rings. The molecule has 0 fully saturated rings. The van der Waals surface area contributed by atoms with Crippen LogP contribution in [0.15, 0.2) is 0 Å². The molecule has 0 radical (unpaired) electrons. The van der Waals surface area contributed by atoms with E-state index in [-0.39, 0.29) is 0 Å². The van der Waals surface area contributed by atoms with Crippen LogP contribution in [0.25, 0.3) is 0 Å². The topological polar surface area (TPSA) is 46.2 Å². The maximum Gasteiger partial charge on any atom is 0.428 e. The van der Waals surface area contributed by atoms with Crippen LogP contribution in [0.2, 0.25) is 0 Å². The van der Waals surface area contributed by atoms with E-state index < -0.39 is 32.6 Å². The molecule has 0 aromatic carbocycles. The first-order valence-corrected chi connectivity index (χ1v) is 4.14. The van der Waals surface area contributed by atoms with Crippen molar-refractivity contribution in [2.75, 3.05) is 0 Å². The van der Waals surface area contributed by atoms with Gasteiger partial charge in [-0.05, 0) is 4.94 Å². The molecule has 0 saturated carbocycles. The van der Waals surface area contributed by atoms with Gasteiger partial charge in [-0.3, -0.25) is 0 Å². The first kappa shape index (κ1) is 13.4. The molecule has 0 aromatic heterocycles. The number of hydrogen-bond acceptors (Lipinski definition) is 2. The molecule has 0 atom stereocenters. The van der Waals surface area contributed by atoms with Crippen molar-refractivity contribution in [3.63, 3.8) is 0 Å². The zero-order valence-corrected chi connectivity index (χ0v) is 6.76. The number of halogens is 7. The van der Waals surface area contributed by atoms with Gasteiger partial charge in [-0.2, -0.15) is 17.6 Å². The van der Waals surface area contributed by atoms with Gasteiger partial charge in [0.1, 0.15) is 0 Å². The lowest BCUT2D eigenvalue weighted by molar-refractivity contribution is -0.226.